The molecule has 4 fully saturated rings. The lowest BCUT2D eigenvalue weighted by Gasteiger charge is -2.61. The van der Waals surface area contributed by atoms with Gasteiger partial charge in [0.15, 0.2) is 0 Å². The van der Waals surface area contributed by atoms with Crippen molar-refractivity contribution in [1.29, 1.82) is 0 Å². The van der Waals surface area contributed by atoms with E-state index in [0.29, 0.717) is 11.8 Å². The van der Waals surface area contributed by atoms with Gasteiger partial charge in [0.1, 0.15) is 0 Å². The Morgan fingerprint density at radius 2 is 0.855 bits per heavy atom. The maximum Gasteiger partial charge on any atom is 0.0540 e. The van der Waals surface area contributed by atoms with Crippen LogP contribution in [0.2, 0.25) is 0 Å². The first kappa shape index (κ1) is 36.2. The fraction of sp³-hybridized carbons (Fsp3) is 0.213. The molecule has 0 aromatic heterocycles. The summed E-state index contributed by atoms with van der Waals surface area (Å²) in [5.41, 5.74) is 22.6. The van der Waals surface area contributed by atoms with Gasteiger partial charge in [-0.15, -0.1) is 0 Å². The molecule has 1 heteroatoms. The van der Waals surface area contributed by atoms with Crippen LogP contribution < -0.4 is 4.90 Å². The summed E-state index contributed by atoms with van der Waals surface area (Å²) in [5.74, 6) is 3.19. The number of rotatable bonds is 6. The highest BCUT2D eigenvalue weighted by atomic mass is 15.1. The number of anilines is 3. The second kappa shape index (κ2) is 13.5. The van der Waals surface area contributed by atoms with Crippen molar-refractivity contribution in [3.8, 4) is 55.6 Å². The van der Waals surface area contributed by atoms with Crippen LogP contribution in [0.15, 0.2) is 188 Å². The van der Waals surface area contributed by atoms with E-state index in [1.54, 1.807) is 11.1 Å². The molecule has 0 N–H and O–H groups in total. The Morgan fingerprint density at radius 1 is 0.371 bits per heavy atom. The Kier molecular flexibility index (Phi) is 7.91. The van der Waals surface area contributed by atoms with E-state index in [4.69, 9.17) is 0 Å². The van der Waals surface area contributed by atoms with Gasteiger partial charge in [-0.05, 0) is 147 Å². The molecular formula is C61H51N. The van der Waals surface area contributed by atoms with E-state index in [1.165, 1.54) is 116 Å². The first-order chi connectivity index (χ1) is 30.5. The summed E-state index contributed by atoms with van der Waals surface area (Å²) in [4.78, 5) is 2.62. The first-order valence-electron chi connectivity index (χ1n) is 23.1. The van der Waals surface area contributed by atoms with E-state index in [-0.39, 0.29) is 10.8 Å². The summed E-state index contributed by atoms with van der Waals surface area (Å²) in [6.07, 6.45) is 6.94. The molecule has 0 atom stereocenters. The molecule has 0 unspecified atom stereocenters. The standard InChI is InChI=1S/C61H51N/c1-60(2)54-23-10-6-19-49(54)52-21-14-22-53(59(52)60)51-20-9-13-26-58(51)62(57-25-12-8-17-47(57)43-29-27-42(28-30-43)41-15-4-3-5-16-41)46-31-32-50-48-18-7-11-24-55(48)61(56(50)38-46)44-34-39-33-40(36-44)37-45(61)35-39/h3-32,38-40,44-45H,33-37H2,1-2H3. The van der Waals surface area contributed by atoms with Crippen molar-refractivity contribution in [2.45, 2.75) is 56.8 Å². The molecule has 0 saturated heterocycles. The van der Waals surface area contributed by atoms with Gasteiger partial charge >= 0.3 is 0 Å². The van der Waals surface area contributed by atoms with Crippen LogP contribution in [0.25, 0.3) is 55.6 Å². The van der Waals surface area contributed by atoms with Gasteiger partial charge in [0.05, 0.1) is 11.4 Å². The zero-order chi connectivity index (χ0) is 41.2. The van der Waals surface area contributed by atoms with Gasteiger partial charge in [-0.1, -0.05) is 178 Å². The maximum absolute atomic E-state index is 2.67. The predicted molar refractivity (Wildman–Crippen MR) is 258 cm³/mol. The van der Waals surface area contributed by atoms with E-state index < -0.39 is 0 Å². The van der Waals surface area contributed by atoms with Crippen LogP contribution in [-0.4, -0.2) is 0 Å². The van der Waals surface area contributed by atoms with Gasteiger partial charge in [-0.3, -0.25) is 0 Å². The maximum atomic E-state index is 2.67. The van der Waals surface area contributed by atoms with E-state index in [9.17, 15) is 0 Å². The Labute approximate surface area is 366 Å². The third-order valence-corrected chi connectivity index (χ3v) is 16.3. The molecule has 62 heavy (non-hydrogen) atoms. The fourth-order valence-corrected chi connectivity index (χ4v) is 14.0. The molecule has 4 bridgehead atoms. The average Bonchev–Trinajstić information content (AvgIpc) is 3.74. The van der Waals surface area contributed by atoms with Gasteiger partial charge in [0.25, 0.3) is 0 Å². The molecule has 8 aromatic carbocycles. The molecule has 1 nitrogen and oxygen atoms in total. The van der Waals surface area contributed by atoms with Crippen molar-refractivity contribution in [3.05, 3.63) is 210 Å². The number of benzene rings is 8. The van der Waals surface area contributed by atoms with Gasteiger partial charge < -0.3 is 4.90 Å². The lowest BCUT2D eigenvalue weighted by molar-refractivity contribution is -0.0399. The minimum Gasteiger partial charge on any atom is -0.309 e. The quantitative estimate of drug-likeness (QED) is 0.162. The summed E-state index contributed by atoms with van der Waals surface area (Å²) in [6, 6.07) is 71.4. The number of hydrogen-bond donors (Lipinski definition) is 0. The van der Waals surface area contributed by atoms with Crippen LogP contribution in [0.5, 0.6) is 0 Å². The molecule has 1 spiro atoms. The van der Waals surface area contributed by atoms with E-state index in [2.05, 4.69) is 207 Å². The number of para-hydroxylation sites is 2. The van der Waals surface area contributed by atoms with Crippen molar-refractivity contribution >= 4 is 17.1 Å². The Morgan fingerprint density at radius 3 is 1.55 bits per heavy atom. The predicted octanol–water partition coefficient (Wildman–Crippen LogP) is 16.2. The van der Waals surface area contributed by atoms with Gasteiger partial charge in [-0.2, -0.15) is 0 Å². The Bertz CT molecular complexity index is 3030. The number of hydrogen-bond acceptors (Lipinski definition) is 1. The van der Waals surface area contributed by atoms with E-state index in [1.807, 2.05) is 0 Å². The average molecular weight is 798 g/mol. The number of fused-ring (bicyclic) bond motifs is 6. The molecule has 8 aromatic rings. The number of nitrogens with zero attached hydrogens (tertiary/aromatic N) is 1. The van der Waals surface area contributed by atoms with E-state index >= 15 is 0 Å². The lowest BCUT2D eigenvalue weighted by Crippen LogP contribution is -2.55. The molecule has 300 valence electrons. The molecule has 0 aliphatic heterocycles. The van der Waals surface area contributed by atoms with E-state index in [0.717, 1.165) is 11.8 Å². The van der Waals surface area contributed by atoms with Crippen LogP contribution in [0, 0.1) is 23.7 Å². The van der Waals surface area contributed by atoms with Crippen LogP contribution >= 0.6 is 0 Å². The van der Waals surface area contributed by atoms with Gasteiger partial charge in [0, 0.05) is 27.6 Å². The van der Waals surface area contributed by atoms with Crippen molar-refractivity contribution in [2.24, 2.45) is 23.7 Å². The minimum absolute atomic E-state index is 0.0728. The highest BCUT2D eigenvalue weighted by molar-refractivity contribution is 5.98. The first-order valence-corrected chi connectivity index (χ1v) is 23.1. The molecule has 4 saturated carbocycles. The third kappa shape index (κ3) is 5.09. The van der Waals surface area contributed by atoms with Crippen molar-refractivity contribution in [3.63, 3.8) is 0 Å². The monoisotopic (exact) mass is 797 g/mol. The summed E-state index contributed by atoms with van der Waals surface area (Å²) in [6.45, 7) is 4.83. The second-order valence-corrected chi connectivity index (χ2v) is 19.7. The van der Waals surface area contributed by atoms with Crippen LogP contribution in [0.4, 0.5) is 17.1 Å². The highest BCUT2D eigenvalue weighted by Crippen LogP contribution is 2.70. The summed E-state index contributed by atoms with van der Waals surface area (Å²) in [7, 11) is 0. The highest BCUT2D eigenvalue weighted by Gasteiger charge is 2.61. The summed E-state index contributed by atoms with van der Waals surface area (Å²) in [5, 5.41) is 0. The van der Waals surface area contributed by atoms with Crippen LogP contribution in [-0.2, 0) is 10.8 Å². The second-order valence-electron chi connectivity index (χ2n) is 19.7. The van der Waals surface area contributed by atoms with Crippen molar-refractivity contribution in [2.75, 3.05) is 4.90 Å². The smallest absolute Gasteiger partial charge is 0.0540 e. The zero-order valence-corrected chi connectivity index (χ0v) is 35.7. The third-order valence-electron chi connectivity index (χ3n) is 16.3. The lowest BCUT2D eigenvalue weighted by atomic mass is 9.43. The summed E-state index contributed by atoms with van der Waals surface area (Å²) >= 11 is 0. The fourth-order valence-electron chi connectivity index (χ4n) is 14.0. The van der Waals surface area contributed by atoms with Crippen molar-refractivity contribution < 1.29 is 0 Å². The SMILES string of the molecule is CC1(C)c2ccccc2-c2cccc(-c3ccccc3N(c3ccc4c(c3)C3(c5ccccc5-4)C4CC5CC(C4)CC3C5)c3ccccc3-c3ccc(-c4ccccc4)cc3)c21. The molecule has 14 rings (SSSR count). The van der Waals surface area contributed by atoms with Crippen LogP contribution in [0.1, 0.15) is 68.2 Å². The topological polar surface area (TPSA) is 3.24 Å². The molecule has 6 aliphatic carbocycles. The summed E-state index contributed by atoms with van der Waals surface area (Å²) < 4.78 is 0. The Balaban J connectivity index is 1.04. The molecule has 0 heterocycles. The zero-order valence-electron chi connectivity index (χ0n) is 35.7. The van der Waals surface area contributed by atoms with Gasteiger partial charge in [0.2, 0.25) is 0 Å². The largest absolute Gasteiger partial charge is 0.309 e. The molecule has 0 radical (unpaired) electrons. The van der Waals surface area contributed by atoms with Gasteiger partial charge in [-0.25, -0.2) is 0 Å². The van der Waals surface area contributed by atoms with Crippen LogP contribution in [0.3, 0.4) is 0 Å². The molecule has 6 aliphatic rings. The normalized spacial score (nSPS) is 22.9. The molecular weight excluding hydrogens is 747 g/mol. The molecule has 0 amide bonds. The van der Waals surface area contributed by atoms with Crippen molar-refractivity contribution in [1.82, 2.24) is 0 Å². The Hall–Kier alpha value is -6.44. The minimum atomic E-state index is -0.149.